The molecule has 0 aromatic heterocycles. The summed E-state index contributed by atoms with van der Waals surface area (Å²) in [7, 11) is 0. The molecule has 0 aliphatic carbocycles. The van der Waals surface area contributed by atoms with Crippen LogP contribution in [-0.4, -0.2) is 12.3 Å². The van der Waals surface area contributed by atoms with Crippen LogP contribution in [0.3, 0.4) is 0 Å². The van der Waals surface area contributed by atoms with E-state index in [-0.39, 0.29) is 0 Å². The van der Waals surface area contributed by atoms with Gasteiger partial charge in [-0.2, -0.15) is 5.26 Å². The summed E-state index contributed by atoms with van der Waals surface area (Å²) >= 11 is 0. The summed E-state index contributed by atoms with van der Waals surface area (Å²) in [6.07, 6.45) is 2.82. The second-order valence-corrected chi connectivity index (χ2v) is 5.52. The van der Waals surface area contributed by atoms with Crippen LogP contribution in [0.4, 0.5) is 0 Å². The predicted octanol–water partition coefficient (Wildman–Crippen LogP) is 4.85. The van der Waals surface area contributed by atoms with E-state index in [9.17, 15) is 10.1 Å². The number of nitriles is 1. The van der Waals surface area contributed by atoms with E-state index < -0.39 is 12.3 Å². The minimum absolute atomic E-state index is 0.495. The van der Waals surface area contributed by atoms with Gasteiger partial charge in [0, 0.05) is 12.5 Å². The summed E-state index contributed by atoms with van der Waals surface area (Å²) in [4.78, 5) is 11.5. The number of carbonyl (C=O) groups excluding carboxylic acids is 1. The molecule has 0 aliphatic heterocycles. The molecule has 0 fully saturated rings. The van der Waals surface area contributed by atoms with E-state index in [1.807, 2.05) is 36.4 Å². The zero-order chi connectivity index (χ0) is 18.1. The maximum Gasteiger partial charge on any atom is 0.333 e. The zero-order valence-electron chi connectivity index (χ0n) is 14.3. The molecule has 0 spiro atoms. The molecule has 2 aromatic rings. The predicted molar refractivity (Wildman–Crippen MR) is 96.8 cm³/mol. The molecule has 25 heavy (non-hydrogen) atoms. The molecule has 0 N–H and O–H groups in total. The Kier molecular flexibility index (Phi) is 6.79. The molecule has 0 bridgehead atoms. The topological polar surface area (TPSA) is 59.3 Å². The zero-order valence-corrected chi connectivity index (χ0v) is 14.3. The molecule has 4 heteroatoms. The van der Waals surface area contributed by atoms with Gasteiger partial charge in [0.15, 0.2) is 0 Å². The van der Waals surface area contributed by atoms with E-state index in [1.165, 1.54) is 0 Å². The van der Waals surface area contributed by atoms with Crippen molar-refractivity contribution in [3.63, 3.8) is 0 Å². The first-order valence-corrected chi connectivity index (χ1v) is 8.27. The summed E-state index contributed by atoms with van der Waals surface area (Å²) in [5.41, 5.74) is 2.31. The normalized spacial score (nSPS) is 11.2. The van der Waals surface area contributed by atoms with Crippen LogP contribution < -0.4 is 4.74 Å². The van der Waals surface area contributed by atoms with Gasteiger partial charge < -0.3 is 9.47 Å². The Morgan fingerprint density at radius 3 is 2.68 bits per heavy atom. The van der Waals surface area contributed by atoms with Crippen molar-refractivity contribution >= 4 is 5.97 Å². The summed E-state index contributed by atoms with van der Waals surface area (Å²) in [6, 6.07) is 17.2. The Balaban J connectivity index is 2.22. The maximum absolute atomic E-state index is 11.5. The highest BCUT2D eigenvalue weighted by Crippen LogP contribution is 2.27. The molecule has 0 saturated carbocycles. The van der Waals surface area contributed by atoms with E-state index >= 15 is 0 Å². The van der Waals surface area contributed by atoms with Gasteiger partial charge in [-0.25, -0.2) is 4.79 Å². The van der Waals surface area contributed by atoms with E-state index in [1.54, 1.807) is 12.1 Å². The van der Waals surface area contributed by atoms with Gasteiger partial charge >= 0.3 is 5.97 Å². The third-order valence-electron chi connectivity index (χ3n) is 3.67. The van der Waals surface area contributed by atoms with Crippen LogP contribution in [0.5, 0.6) is 5.75 Å². The van der Waals surface area contributed by atoms with Gasteiger partial charge in [-0.1, -0.05) is 50.3 Å². The molecular weight excluding hydrogens is 314 g/mol. The van der Waals surface area contributed by atoms with Crippen molar-refractivity contribution in [2.45, 2.75) is 32.5 Å². The van der Waals surface area contributed by atoms with Crippen LogP contribution in [0.2, 0.25) is 0 Å². The highest BCUT2D eigenvalue weighted by Gasteiger charge is 2.15. The lowest BCUT2D eigenvalue weighted by Gasteiger charge is -2.19. The highest BCUT2D eigenvalue weighted by molar-refractivity contribution is 5.81. The van der Waals surface area contributed by atoms with Crippen molar-refractivity contribution in [2.24, 2.45) is 0 Å². The van der Waals surface area contributed by atoms with Crippen molar-refractivity contribution in [2.75, 3.05) is 0 Å². The Bertz CT molecular complexity index is 762. The van der Waals surface area contributed by atoms with Crippen LogP contribution in [0.15, 0.2) is 61.2 Å². The molecule has 0 saturated heterocycles. The standard InChI is InChI=1S/C21H21NO3/c1-3-5-11-21(25-20(23)4-2)24-18-12-13-19(17(14-18)15-22)16-9-7-6-8-10-16/h4,6-10,12-14,21H,2-3,5,11H2,1H3. The number of esters is 1. The average molecular weight is 335 g/mol. The molecule has 0 amide bonds. The molecule has 0 heterocycles. The molecule has 2 aromatic carbocycles. The van der Waals surface area contributed by atoms with Crippen LogP contribution in [0, 0.1) is 11.3 Å². The minimum atomic E-state index is -0.695. The summed E-state index contributed by atoms with van der Waals surface area (Å²) in [5, 5.41) is 9.46. The fraction of sp³-hybridized carbons (Fsp3) is 0.238. The monoisotopic (exact) mass is 335 g/mol. The molecular formula is C21H21NO3. The second-order valence-electron chi connectivity index (χ2n) is 5.52. The van der Waals surface area contributed by atoms with E-state index in [4.69, 9.17) is 9.47 Å². The Labute approximate surface area is 148 Å². The lowest BCUT2D eigenvalue weighted by Crippen LogP contribution is -2.23. The quantitative estimate of drug-likeness (QED) is 0.393. The van der Waals surface area contributed by atoms with E-state index in [0.717, 1.165) is 30.0 Å². The smallest absolute Gasteiger partial charge is 0.333 e. The van der Waals surface area contributed by atoms with Crippen molar-refractivity contribution in [1.29, 1.82) is 5.26 Å². The van der Waals surface area contributed by atoms with Gasteiger partial charge in [0.1, 0.15) is 5.75 Å². The second kappa shape index (κ2) is 9.29. The minimum Gasteiger partial charge on any atom is -0.455 e. The van der Waals surface area contributed by atoms with E-state index in [0.29, 0.717) is 17.7 Å². The first-order valence-electron chi connectivity index (χ1n) is 8.27. The highest BCUT2D eigenvalue weighted by atomic mass is 16.7. The third-order valence-corrected chi connectivity index (χ3v) is 3.67. The van der Waals surface area contributed by atoms with Crippen molar-refractivity contribution in [3.05, 3.63) is 66.7 Å². The van der Waals surface area contributed by atoms with Gasteiger partial charge in [0.05, 0.1) is 11.6 Å². The number of unbranched alkanes of at least 4 members (excludes halogenated alkanes) is 1. The maximum atomic E-state index is 11.5. The Hall–Kier alpha value is -3.06. The summed E-state index contributed by atoms with van der Waals surface area (Å²) < 4.78 is 11.0. The summed E-state index contributed by atoms with van der Waals surface area (Å²) in [5.74, 6) is -0.0308. The van der Waals surface area contributed by atoms with Gasteiger partial charge in [-0.3, -0.25) is 0 Å². The van der Waals surface area contributed by atoms with Gasteiger partial charge in [-0.05, 0) is 35.7 Å². The molecule has 128 valence electrons. The molecule has 1 atom stereocenters. The summed E-state index contributed by atoms with van der Waals surface area (Å²) in [6.45, 7) is 5.45. The average Bonchev–Trinajstić information content (AvgIpc) is 2.66. The van der Waals surface area contributed by atoms with Crippen molar-refractivity contribution < 1.29 is 14.3 Å². The number of hydrogen-bond acceptors (Lipinski definition) is 4. The van der Waals surface area contributed by atoms with Crippen molar-refractivity contribution in [1.82, 2.24) is 0 Å². The number of carbonyl (C=O) groups is 1. The number of benzene rings is 2. The third kappa shape index (κ3) is 5.22. The van der Waals surface area contributed by atoms with Crippen LogP contribution in [0.25, 0.3) is 11.1 Å². The largest absolute Gasteiger partial charge is 0.455 e. The van der Waals surface area contributed by atoms with E-state index in [2.05, 4.69) is 19.6 Å². The fourth-order valence-electron chi connectivity index (χ4n) is 2.40. The van der Waals surface area contributed by atoms with Crippen LogP contribution in [0.1, 0.15) is 31.7 Å². The molecule has 0 aliphatic rings. The van der Waals surface area contributed by atoms with Gasteiger partial charge in [0.25, 0.3) is 0 Å². The lowest BCUT2D eigenvalue weighted by molar-refractivity contribution is -0.158. The number of hydrogen-bond donors (Lipinski definition) is 0. The van der Waals surface area contributed by atoms with Crippen LogP contribution >= 0.6 is 0 Å². The Morgan fingerprint density at radius 1 is 1.28 bits per heavy atom. The first-order chi connectivity index (χ1) is 12.2. The molecule has 1 unspecified atom stereocenters. The molecule has 0 radical (unpaired) electrons. The molecule has 4 nitrogen and oxygen atoms in total. The van der Waals surface area contributed by atoms with Gasteiger partial charge in [0.2, 0.25) is 6.29 Å². The Morgan fingerprint density at radius 2 is 2.04 bits per heavy atom. The van der Waals surface area contributed by atoms with Gasteiger partial charge in [-0.15, -0.1) is 0 Å². The first kappa shape index (κ1) is 18.3. The number of ether oxygens (including phenoxy) is 2. The number of rotatable bonds is 8. The lowest BCUT2D eigenvalue weighted by atomic mass is 10.0. The fourth-order valence-corrected chi connectivity index (χ4v) is 2.40. The van der Waals surface area contributed by atoms with Crippen LogP contribution in [-0.2, 0) is 9.53 Å². The molecule has 2 rings (SSSR count). The SMILES string of the molecule is C=CC(=O)OC(CCCC)Oc1ccc(-c2ccccc2)c(C#N)c1. The van der Waals surface area contributed by atoms with Crippen molar-refractivity contribution in [3.8, 4) is 22.9 Å². The number of nitrogens with zero attached hydrogens (tertiary/aromatic N) is 1.